The lowest BCUT2D eigenvalue weighted by molar-refractivity contribution is -0.179. The second-order valence-corrected chi connectivity index (χ2v) is 6.34. The second-order valence-electron chi connectivity index (χ2n) is 5.45. The molecule has 0 aliphatic carbocycles. The highest BCUT2D eigenvalue weighted by Gasteiger charge is 2.35. The van der Waals surface area contributed by atoms with Crippen molar-refractivity contribution < 1.29 is 14.4 Å². The first-order valence-electron chi connectivity index (χ1n) is 5.76. The van der Waals surface area contributed by atoms with Crippen LogP contribution >= 0.6 is 11.3 Å². The van der Waals surface area contributed by atoms with Crippen molar-refractivity contribution in [1.29, 1.82) is 0 Å². The maximum atomic E-state index is 11.9. The summed E-state index contributed by atoms with van der Waals surface area (Å²) in [5, 5.41) is 5.93. The van der Waals surface area contributed by atoms with Gasteiger partial charge in [-0.3, -0.25) is 0 Å². The van der Waals surface area contributed by atoms with Crippen molar-refractivity contribution in [2.24, 2.45) is 5.16 Å². The van der Waals surface area contributed by atoms with E-state index in [1.807, 2.05) is 0 Å². The van der Waals surface area contributed by atoms with Crippen LogP contribution in [0.3, 0.4) is 0 Å². The van der Waals surface area contributed by atoms with Crippen LogP contribution in [0.5, 0.6) is 0 Å². The van der Waals surface area contributed by atoms with Crippen molar-refractivity contribution >= 4 is 28.7 Å². The number of rotatable bonds is 4. The van der Waals surface area contributed by atoms with Gasteiger partial charge in [0.1, 0.15) is 5.60 Å². The zero-order chi connectivity index (χ0) is 14.7. The average Bonchev–Trinajstić information content (AvgIpc) is 2.61. The van der Waals surface area contributed by atoms with Crippen molar-refractivity contribution in [3.8, 4) is 0 Å². The Balaban J connectivity index is 2.59. The number of nitrogen functional groups attached to an aromatic ring is 1. The third-order valence-electron chi connectivity index (χ3n) is 1.90. The van der Waals surface area contributed by atoms with Crippen LogP contribution in [-0.2, 0) is 14.4 Å². The van der Waals surface area contributed by atoms with Gasteiger partial charge < -0.3 is 15.3 Å². The molecule has 0 saturated heterocycles. The summed E-state index contributed by atoms with van der Waals surface area (Å²) in [6, 6.07) is 0. The summed E-state index contributed by atoms with van der Waals surface area (Å²) < 4.78 is 5.24. The fraction of sp³-hybridized carbons (Fsp3) is 0.583. The topological polar surface area (TPSA) is 86.8 Å². The first kappa shape index (κ1) is 15.4. The quantitative estimate of drug-likeness (QED) is 0.520. The van der Waals surface area contributed by atoms with Gasteiger partial charge in [0.25, 0.3) is 0 Å². The number of hydrogen-bond acceptors (Lipinski definition) is 7. The molecule has 106 valence electrons. The van der Waals surface area contributed by atoms with E-state index >= 15 is 0 Å². The standard InChI is InChI=1S/C12H19N3O3S/c1-11(2,3)17-9(16)12(4,5)18-14-6-8-7-19-10(13)15-8/h6-7H,1-5H3,(H2,13,15)/b14-6+. The van der Waals surface area contributed by atoms with Crippen LogP contribution in [0, 0.1) is 0 Å². The lowest BCUT2D eigenvalue weighted by atomic mass is 10.1. The first-order chi connectivity index (χ1) is 8.60. The molecule has 0 spiro atoms. The Labute approximate surface area is 116 Å². The number of nitrogens with zero attached hydrogens (tertiary/aromatic N) is 2. The van der Waals surface area contributed by atoms with Crippen molar-refractivity contribution in [2.75, 3.05) is 5.73 Å². The summed E-state index contributed by atoms with van der Waals surface area (Å²) in [7, 11) is 0. The molecule has 0 amide bonds. The van der Waals surface area contributed by atoms with Gasteiger partial charge in [0.15, 0.2) is 5.13 Å². The molecule has 1 aromatic rings. The van der Waals surface area contributed by atoms with Gasteiger partial charge in [-0.15, -0.1) is 11.3 Å². The SMILES string of the molecule is CC(C)(C)OC(=O)C(C)(C)O/N=C/c1csc(N)n1. The Kier molecular flexibility index (Phi) is 4.52. The smallest absolute Gasteiger partial charge is 0.353 e. The van der Waals surface area contributed by atoms with E-state index in [4.69, 9.17) is 15.3 Å². The van der Waals surface area contributed by atoms with E-state index in [1.165, 1.54) is 17.6 Å². The maximum absolute atomic E-state index is 11.9. The third kappa shape index (κ3) is 5.25. The van der Waals surface area contributed by atoms with Crippen LogP contribution in [0.25, 0.3) is 0 Å². The van der Waals surface area contributed by atoms with E-state index in [1.54, 1.807) is 40.0 Å². The molecule has 0 saturated carbocycles. The molecule has 0 unspecified atom stereocenters. The highest BCUT2D eigenvalue weighted by molar-refractivity contribution is 7.13. The molecule has 1 heterocycles. The summed E-state index contributed by atoms with van der Waals surface area (Å²) in [5.74, 6) is -0.477. The lowest BCUT2D eigenvalue weighted by Crippen LogP contribution is -2.39. The van der Waals surface area contributed by atoms with E-state index in [2.05, 4.69) is 10.1 Å². The number of hydrogen-bond donors (Lipinski definition) is 1. The molecule has 7 heteroatoms. The van der Waals surface area contributed by atoms with E-state index in [0.29, 0.717) is 10.8 Å². The fourth-order valence-electron chi connectivity index (χ4n) is 1.01. The second kappa shape index (κ2) is 5.56. The molecule has 1 aromatic heterocycles. The Morgan fingerprint density at radius 3 is 2.53 bits per heavy atom. The van der Waals surface area contributed by atoms with Gasteiger partial charge >= 0.3 is 5.97 Å². The number of ether oxygens (including phenoxy) is 1. The van der Waals surface area contributed by atoms with Gasteiger partial charge in [0, 0.05) is 5.38 Å². The van der Waals surface area contributed by atoms with Gasteiger partial charge in [-0.05, 0) is 34.6 Å². The molecule has 0 radical (unpaired) electrons. The van der Waals surface area contributed by atoms with Crippen LogP contribution in [0.15, 0.2) is 10.5 Å². The number of anilines is 1. The fourth-order valence-corrected chi connectivity index (χ4v) is 1.52. The molecule has 2 N–H and O–H groups in total. The first-order valence-corrected chi connectivity index (χ1v) is 6.64. The molecule has 0 aliphatic rings. The predicted octanol–water partition coefficient (Wildman–Crippen LogP) is 2.20. The van der Waals surface area contributed by atoms with Crippen molar-refractivity contribution in [2.45, 2.75) is 45.8 Å². The van der Waals surface area contributed by atoms with Crippen molar-refractivity contribution in [3.63, 3.8) is 0 Å². The number of carbonyl (C=O) groups is 1. The summed E-state index contributed by atoms with van der Waals surface area (Å²) >= 11 is 1.30. The molecule has 19 heavy (non-hydrogen) atoms. The predicted molar refractivity (Wildman–Crippen MR) is 75.1 cm³/mol. The summed E-state index contributed by atoms with van der Waals surface area (Å²) in [6.45, 7) is 8.56. The molecular formula is C12H19N3O3S. The monoisotopic (exact) mass is 285 g/mol. The van der Waals surface area contributed by atoms with E-state index in [0.717, 1.165) is 0 Å². The van der Waals surface area contributed by atoms with Crippen LogP contribution in [0.4, 0.5) is 5.13 Å². The zero-order valence-electron chi connectivity index (χ0n) is 11.8. The Hall–Kier alpha value is -1.63. The van der Waals surface area contributed by atoms with Crippen LogP contribution < -0.4 is 5.73 Å². The van der Waals surface area contributed by atoms with Crippen LogP contribution in [0.1, 0.15) is 40.3 Å². The molecule has 6 nitrogen and oxygen atoms in total. The highest BCUT2D eigenvalue weighted by atomic mass is 32.1. The molecule has 0 bridgehead atoms. The normalized spacial score (nSPS) is 12.7. The van der Waals surface area contributed by atoms with Gasteiger partial charge in [-0.25, -0.2) is 9.78 Å². The third-order valence-corrected chi connectivity index (χ3v) is 2.59. The van der Waals surface area contributed by atoms with Crippen molar-refractivity contribution in [3.05, 3.63) is 11.1 Å². The van der Waals surface area contributed by atoms with Gasteiger partial charge in [-0.1, -0.05) is 5.16 Å². The zero-order valence-corrected chi connectivity index (χ0v) is 12.6. The molecular weight excluding hydrogens is 266 g/mol. The molecule has 0 aliphatic heterocycles. The van der Waals surface area contributed by atoms with E-state index < -0.39 is 17.2 Å². The lowest BCUT2D eigenvalue weighted by Gasteiger charge is -2.26. The largest absolute Gasteiger partial charge is 0.457 e. The maximum Gasteiger partial charge on any atom is 0.353 e. The van der Waals surface area contributed by atoms with Crippen molar-refractivity contribution in [1.82, 2.24) is 4.98 Å². The Morgan fingerprint density at radius 1 is 1.42 bits per heavy atom. The Bertz CT molecular complexity index is 475. The summed E-state index contributed by atoms with van der Waals surface area (Å²) in [5.41, 5.74) is 4.34. The summed E-state index contributed by atoms with van der Waals surface area (Å²) in [4.78, 5) is 21.0. The van der Waals surface area contributed by atoms with Gasteiger partial charge in [0.2, 0.25) is 5.60 Å². The number of thiazole rings is 1. The number of carbonyl (C=O) groups excluding carboxylic acids is 1. The van der Waals surface area contributed by atoms with Gasteiger partial charge in [0.05, 0.1) is 11.9 Å². The minimum atomic E-state index is -1.16. The molecule has 0 aromatic carbocycles. The Morgan fingerprint density at radius 2 is 2.05 bits per heavy atom. The number of esters is 1. The highest BCUT2D eigenvalue weighted by Crippen LogP contribution is 2.18. The summed E-state index contributed by atoms with van der Waals surface area (Å²) in [6.07, 6.45) is 1.40. The minimum Gasteiger partial charge on any atom is -0.457 e. The number of nitrogens with two attached hydrogens (primary N) is 1. The van der Waals surface area contributed by atoms with Crippen LogP contribution in [0.2, 0.25) is 0 Å². The number of oxime groups is 1. The molecule has 1 rings (SSSR count). The molecule has 0 fully saturated rings. The molecule has 0 atom stereocenters. The van der Waals surface area contributed by atoms with E-state index in [-0.39, 0.29) is 0 Å². The number of aromatic nitrogens is 1. The minimum absolute atomic E-state index is 0.452. The van der Waals surface area contributed by atoms with E-state index in [9.17, 15) is 4.79 Å². The van der Waals surface area contributed by atoms with Gasteiger partial charge in [-0.2, -0.15) is 0 Å². The van der Waals surface area contributed by atoms with Crippen LogP contribution in [-0.4, -0.2) is 28.4 Å². The average molecular weight is 285 g/mol.